The van der Waals surface area contributed by atoms with Gasteiger partial charge in [-0.25, -0.2) is 5.43 Å². The second-order valence-electron chi connectivity index (χ2n) is 6.46. The molecule has 1 aromatic heterocycles. The van der Waals surface area contributed by atoms with E-state index in [0.717, 1.165) is 23.3 Å². The minimum atomic E-state index is -0.549. The lowest BCUT2D eigenvalue weighted by Crippen LogP contribution is -2.30. The molecule has 0 saturated heterocycles. The first-order valence-electron chi connectivity index (χ1n) is 9.47. The Labute approximate surface area is 169 Å². The molecule has 1 heterocycles. The highest BCUT2D eigenvalue weighted by Gasteiger charge is 2.11. The average molecular weight is 389 g/mol. The van der Waals surface area contributed by atoms with Crippen LogP contribution in [0.1, 0.15) is 34.8 Å². The molecule has 0 bridgehead atoms. The van der Waals surface area contributed by atoms with Crippen molar-refractivity contribution in [1.29, 1.82) is 0 Å². The maximum atomic E-state index is 12.6. The normalized spacial score (nSPS) is 10.8. The Morgan fingerprint density at radius 1 is 1.10 bits per heavy atom. The van der Waals surface area contributed by atoms with Gasteiger partial charge in [0.05, 0.1) is 19.4 Å². The summed E-state index contributed by atoms with van der Waals surface area (Å²) in [5.74, 6) is 0.195. The fourth-order valence-electron chi connectivity index (χ4n) is 2.74. The molecule has 6 nitrogen and oxygen atoms in total. The Balaban J connectivity index is 1.67. The van der Waals surface area contributed by atoms with Crippen LogP contribution in [0.2, 0.25) is 0 Å². The first-order valence-corrected chi connectivity index (χ1v) is 9.47. The zero-order valence-electron chi connectivity index (χ0n) is 16.2. The van der Waals surface area contributed by atoms with Gasteiger partial charge in [0, 0.05) is 6.20 Å². The van der Waals surface area contributed by atoms with Crippen molar-refractivity contribution < 1.29 is 9.53 Å². The summed E-state index contributed by atoms with van der Waals surface area (Å²) in [6.45, 7) is 3.08. The number of aromatic nitrogens is 1. The summed E-state index contributed by atoms with van der Waals surface area (Å²) in [5.41, 5.74) is 3.87. The Kier molecular flexibility index (Phi) is 6.95. The van der Waals surface area contributed by atoms with Crippen molar-refractivity contribution in [3.05, 3.63) is 100.0 Å². The molecule has 0 spiro atoms. The molecule has 0 aliphatic carbocycles. The topological polar surface area (TPSA) is 72.7 Å². The van der Waals surface area contributed by atoms with Crippen LogP contribution in [0.5, 0.6) is 5.75 Å². The molecule has 0 radical (unpaired) electrons. The first-order chi connectivity index (χ1) is 14.2. The molecule has 0 fully saturated rings. The molecule has 0 aliphatic rings. The van der Waals surface area contributed by atoms with E-state index in [9.17, 15) is 9.59 Å². The number of amides is 1. The van der Waals surface area contributed by atoms with Gasteiger partial charge in [0.2, 0.25) is 0 Å². The summed E-state index contributed by atoms with van der Waals surface area (Å²) < 4.78 is 7.08. The largest absolute Gasteiger partial charge is 0.494 e. The van der Waals surface area contributed by atoms with E-state index < -0.39 is 5.91 Å². The maximum absolute atomic E-state index is 12.6. The van der Waals surface area contributed by atoms with Gasteiger partial charge in [0.1, 0.15) is 11.3 Å². The summed E-state index contributed by atoms with van der Waals surface area (Å²) in [7, 11) is 0. The maximum Gasteiger partial charge on any atom is 0.276 e. The van der Waals surface area contributed by atoms with Crippen molar-refractivity contribution in [3.8, 4) is 5.75 Å². The fourth-order valence-corrected chi connectivity index (χ4v) is 2.74. The molecule has 0 saturated carbocycles. The molecule has 6 heteroatoms. The van der Waals surface area contributed by atoms with E-state index in [1.165, 1.54) is 16.8 Å². The highest BCUT2D eigenvalue weighted by Crippen LogP contribution is 2.12. The molecule has 3 aromatic rings. The van der Waals surface area contributed by atoms with Crippen molar-refractivity contribution in [3.63, 3.8) is 0 Å². The van der Waals surface area contributed by atoms with Crippen molar-refractivity contribution in [1.82, 2.24) is 9.99 Å². The van der Waals surface area contributed by atoms with E-state index in [4.69, 9.17) is 4.74 Å². The van der Waals surface area contributed by atoms with Crippen LogP contribution in [0.25, 0.3) is 0 Å². The third kappa shape index (κ3) is 5.65. The number of rotatable bonds is 8. The Morgan fingerprint density at radius 2 is 1.93 bits per heavy atom. The van der Waals surface area contributed by atoms with Gasteiger partial charge in [-0.3, -0.25) is 9.59 Å². The van der Waals surface area contributed by atoms with Crippen LogP contribution in [0.4, 0.5) is 0 Å². The molecule has 0 atom stereocenters. The summed E-state index contributed by atoms with van der Waals surface area (Å²) in [4.78, 5) is 25.0. The van der Waals surface area contributed by atoms with Crippen LogP contribution in [0.15, 0.2) is 82.8 Å². The lowest BCUT2D eigenvalue weighted by Gasteiger charge is -2.07. The van der Waals surface area contributed by atoms with Crippen molar-refractivity contribution in [2.24, 2.45) is 5.10 Å². The molecule has 3 rings (SSSR count). The molecule has 1 N–H and O–H groups in total. The van der Waals surface area contributed by atoms with Gasteiger partial charge < -0.3 is 9.30 Å². The van der Waals surface area contributed by atoms with Gasteiger partial charge in [-0.2, -0.15) is 5.10 Å². The average Bonchev–Trinajstić information content (AvgIpc) is 2.75. The van der Waals surface area contributed by atoms with Crippen LogP contribution in [-0.4, -0.2) is 23.3 Å². The number of ether oxygens (including phenoxy) is 1. The second kappa shape index (κ2) is 10.0. The van der Waals surface area contributed by atoms with E-state index in [1.54, 1.807) is 12.3 Å². The minimum absolute atomic E-state index is 0.0422. The third-order valence-electron chi connectivity index (χ3n) is 4.17. The van der Waals surface area contributed by atoms with Gasteiger partial charge in [0.15, 0.2) is 0 Å². The van der Waals surface area contributed by atoms with Crippen molar-refractivity contribution in [2.75, 3.05) is 6.61 Å². The van der Waals surface area contributed by atoms with E-state index >= 15 is 0 Å². The predicted octanol–water partition coefficient (Wildman–Crippen LogP) is 3.45. The quantitative estimate of drug-likeness (QED) is 0.474. The number of nitrogens with one attached hydrogen (secondary N) is 1. The molecule has 29 heavy (non-hydrogen) atoms. The monoisotopic (exact) mass is 389 g/mol. The fraction of sp³-hybridized carbons (Fsp3) is 0.174. The number of carbonyl (C=O) groups is 1. The van der Waals surface area contributed by atoms with Crippen LogP contribution in [0.3, 0.4) is 0 Å². The first kappa shape index (κ1) is 20.1. The molecule has 0 aliphatic heterocycles. The van der Waals surface area contributed by atoms with Gasteiger partial charge >= 0.3 is 0 Å². The summed E-state index contributed by atoms with van der Waals surface area (Å²) in [6.07, 6.45) is 4.10. The SMILES string of the molecule is CCCOc1cccc(/C=N\NC(=O)c2cccn(Cc3ccccc3)c2=O)c1. The number of nitrogens with zero attached hydrogens (tertiary/aromatic N) is 2. The number of hydrogen-bond donors (Lipinski definition) is 1. The van der Waals surface area contributed by atoms with E-state index in [-0.39, 0.29) is 11.1 Å². The van der Waals surface area contributed by atoms with E-state index in [0.29, 0.717) is 13.2 Å². The lowest BCUT2D eigenvalue weighted by atomic mass is 10.2. The van der Waals surface area contributed by atoms with Gasteiger partial charge in [0.25, 0.3) is 11.5 Å². The molecule has 148 valence electrons. The molecule has 1 amide bonds. The minimum Gasteiger partial charge on any atom is -0.494 e. The highest BCUT2D eigenvalue weighted by atomic mass is 16.5. The van der Waals surface area contributed by atoms with Crippen molar-refractivity contribution in [2.45, 2.75) is 19.9 Å². The number of hydrogen-bond acceptors (Lipinski definition) is 4. The number of hydrazone groups is 1. The van der Waals surface area contributed by atoms with Gasteiger partial charge in [-0.15, -0.1) is 0 Å². The Hall–Kier alpha value is -3.67. The van der Waals surface area contributed by atoms with Crippen LogP contribution >= 0.6 is 0 Å². The van der Waals surface area contributed by atoms with Crippen LogP contribution in [-0.2, 0) is 6.54 Å². The third-order valence-corrected chi connectivity index (χ3v) is 4.17. The summed E-state index contributed by atoms with van der Waals surface area (Å²) in [5, 5.41) is 3.97. The van der Waals surface area contributed by atoms with Gasteiger partial charge in [-0.1, -0.05) is 49.4 Å². The van der Waals surface area contributed by atoms with Gasteiger partial charge in [-0.05, 0) is 41.8 Å². The molecular formula is C23H23N3O3. The number of pyridine rings is 1. The predicted molar refractivity (Wildman–Crippen MR) is 114 cm³/mol. The standard InChI is InChI=1S/C23H23N3O3/c1-2-14-29-20-11-6-10-19(15-20)16-24-25-22(27)21-12-7-13-26(23(21)28)17-18-8-4-3-5-9-18/h3-13,15-16H,2,14,17H2,1H3,(H,25,27)/b24-16-. The molecule has 2 aromatic carbocycles. The second-order valence-corrected chi connectivity index (χ2v) is 6.46. The smallest absolute Gasteiger partial charge is 0.276 e. The lowest BCUT2D eigenvalue weighted by molar-refractivity contribution is 0.0953. The van der Waals surface area contributed by atoms with E-state index in [1.807, 2.05) is 61.5 Å². The highest BCUT2D eigenvalue weighted by molar-refractivity contribution is 5.94. The Morgan fingerprint density at radius 3 is 2.72 bits per heavy atom. The zero-order chi connectivity index (χ0) is 20.5. The van der Waals surface area contributed by atoms with Crippen LogP contribution < -0.4 is 15.7 Å². The summed E-state index contributed by atoms with van der Waals surface area (Å²) >= 11 is 0. The van der Waals surface area contributed by atoms with E-state index in [2.05, 4.69) is 10.5 Å². The number of carbonyl (C=O) groups excluding carboxylic acids is 1. The van der Waals surface area contributed by atoms with Crippen LogP contribution in [0, 0.1) is 0 Å². The van der Waals surface area contributed by atoms with Crippen molar-refractivity contribution >= 4 is 12.1 Å². The summed E-state index contributed by atoms with van der Waals surface area (Å²) in [6, 6.07) is 20.2. The number of benzene rings is 2. The molecular weight excluding hydrogens is 366 g/mol. The zero-order valence-corrected chi connectivity index (χ0v) is 16.2. The molecule has 0 unspecified atom stereocenters. The Bertz CT molecular complexity index is 1040.